The molecule has 0 spiro atoms. The quantitative estimate of drug-likeness (QED) is 0.202. The van der Waals surface area contributed by atoms with E-state index in [0.717, 1.165) is 0 Å². The number of benzene rings is 2. The second-order valence-electron chi connectivity index (χ2n) is 7.56. The molecule has 0 atom stereocenters. The number of aromatic hydroxyl groups is 2. The van der Waals surface area contributed by atoms with Crippen LogP contribution in [0, 0.1) is 0 Å². The predicted octanol–water partition coefficient (Wildman–Crippen LogP) is -0.606. The van der Waals surface area contributed by atoms with Gasteiger partial charge < -0.3 is 20.5 Å². The van der Waals surface area contributed by atoms with Crippen molar-refractivity contribution in [1.29, 1.82) is 0 Å². The third-order valence-electron chi connectivity index (χ3n) is 5.68. The number of imide groups is 1. The number of hydrogen-bond donors (Lipinski definition) is 4. The number of nitrogens with one attached hydrogen (secondary N) is 1. The van der Waals surface area contributed by atoms with E-state index in [-0.39, 0.29) is 11.1 Å². The average Bonchev–Trinajstić information content (AvgIpc) is 3.05. The predicted molar refractivity (Wildman–Crippen MR) is 113 cm³/mol. The van der Waals surface area contributed by atoms with Crippen LogP contribution in [0.15, 0.2) is 40.0 Å². The van der Waals surface area contributed by atoms with Crippen molar-refractivity contribution in [3.8, 4) is 17.2 Å². The average molecular weight is 496 g/mol. The SMILES string of the molecule is Nc1c2c(cc(=O)n1-c1c(O)c(S(=O)(=O)[O-])c(O)c3c1C(=O)c1ccccc1C3=O)C(=O)NC2=O. The van der Waals surface area contributed by atoms with Crippen LogP contribution in [0.5, 0.6) is 11.5 Å². The van der Waals surface area contributed by atoms with Crippen LogP contribution in [-0.4, -0.2) is 51.1 Å². The van der Waals surface area contributed by atoms with Gasteiger partial charge in [0, 0.05) is 17.2 Å². The van der Waals surface area contributed by atoms with Gasteiger partial charge in [-0.3, -0.25) is 33.9 Å². The maximum Gasteiger partial charge on any atom is 0.262 e. The third-order valence-corrected chi connectivity index (χ3v) is 6.56. The van der Waals surface area contributed by atoms with Gasteiger partial charge in [-0.2, -0.15) is 0 Å². The molecule has 2 amide bonds. The summed E-state index contributed by atoms with van der Waals surface area (Å²) in [5, 5.41) is 23.3. The number of aromatic nitrogens is 1. The number of phenolic OH excluding ortho intramolecular Hbond substituents is 2. The minimum Gasteiger partial charge on any atom is -0.744 e. The first kappa shape index (κ1) is 22.0. The van der Waals surface area contributed by atoms with Gasteiger partial charge in [0.25, 0.3) is 17.4 Å². The molecule has 3 aromatic rings. The lowest BCUT2D eigenvalue weighted by Crippen LogP contribution is -2.29. The highest BCUT2D eigenvalue weighted by atomic mass is 32.2. The Hall–Kier alpha value is -4.82. The second-order valence-corrected chi connectivity index (χ2v) is 8.87. The van der Waals surface area contributed by atoms with Crippen molar-refractivity contribution in [2.75, 3.05) is 5.73 Å². The summed E-state index contributed by atoms with van der Waals surface area (Å²) in [6.45, 7) is 0. The summed E-state index contributed by atoms with van der Waals surface area (Å²) in [4.78, 5) is 62.0. The Morgan fingerprint density at radius 3 is 1.97 bits per heavy atom. The molecule has 1 aliphatic carbocycles. The number of anilines is 1. The fourth-order valence-corrected chi connectivity index (χ4v) is 4.92. The standard InChI is InChI=1S/C21H11N3O10S/c22-19-10-8(20(30)23-21(10)31)5-9(25)24(19)13-11-12(16(28)18(17(13)29)35(32,33)34)15(27)7-4-2-1-3-6(7)14(11)26/h1-5,28-29H,22H2,(H,23,30,31)(H,32,33,34)/p-1. The Bertz CT molecular complexity index is 1770. The Morgan fingerprint density at radius 2 is 1.40 bits per heavy atom. The smallest absolute Gasteiger partial charge is 0.262 e. The van der Waals surface area contributed by atoms with Gasteiger partial charge in [0.15, 0.2) is 17.3 Å². The zero-order valence-electron chi connectivity index (χ0n) is 17.0. The minimum atomic E-state index is -5.71. The number of hydrogen-bond acceptors (Lipinski definition) is 11. The first-order valence-electron chi connectivity index (χ1n) is 9.54. The molecule has 2 aromatic carbocycles. The fourth-order valence-electron chi connectivity index (χ4n) is 4.24. The third kappa shape index (κ3) is 2.77. The Balaban J connectivity index is 2.02. The number of nitrogens with two attached hydrogens (primary N) is 1. The number of carbonyl (C=O) groups is 4. The van der Waals surface area contributed by atoms with Crippen molar-refractivity contribution in [1.82, 2.24) is 9.88 Å². The van der Waals surface area contributed by atoms with Crippen molar-refractivity contribution in [3.05, 3.63) is 74.1 Å². The summed E-state index contributed by atoms with van der Waals surface area (Å²) in [7, 11) is -5.71. The van der Waals surface area contributed by atoms with Crippen molar-refractivity contribution in [2.45, 2.75) is 4.90 Å². The summed E-state index contributed by atoms with van der Waals surface area (Å²) < 4.78 is 36.1. The molecule has 2 heterocycles. The van der Waals surface area contributed by atoms with Gasteiger partial charge >= 0.3 is 0 Å². The molecule has 0 radical (unpaired) electrons. The van der Waals surface area contributed by atoms with Crippen LogP contribution in [-0.2, 0) is 10.1 Å². The maximum atomic E-state index is 13.4. The van der Waals surface area contributed by atoms with E-state index in [1.54, 1.807) is 0 Å². The molecule has 0 bridgehead atoms. The number of phenols is 2. The maximum absolute atomic E-state index is 13.4. The number of carbonyl (C=O) groups excluding carboxylic acids is 4. The zero-order valence-corrected chi connectivity index (χ0v) is 17.8. The van der Waals surface area contributed by atoms with E-state index in [0.29, 0.717) is 10.6 Å². The molecule has 13 nitrogen and oxygen atoms in total. The first-order chi connectivity index (χ1) is 16.4. The van der Waals surface area contributed by atoms with Crippen LogP contribution < -0.4 is 16.6 Å². The summed E-state index contributed by atoms with van der Waals surface area (Å²) in [5.74, 6) is -7.96. The molecule has 0 unspecified atom stereocenters. The van der Waals surface area contributed by atoms with Gasteiger partial charge in [-0.25, -0.2) is 8.42 Å². The number of amides is 2. The molecule has 2 aliphatic rings. The number of fused-ring (bicyclic) bond motifs is 3. The lowest BCUT2D eigenvalue weighted by atomic mass is 9.82. The van der Waals surface area contributed by atoms with Gasteiger partial charge in [0.05, 0.1) is 22.3 Å². The largest absolute Gasteiger partial charge is 0.744 e. The second kappa shape index (κ2) is 6.85. The number of nitrogens with zero attached hydrogens (tertiary/aromatic N) is 1. The van der Waals surface area contributed by atoms with E-state index in [1.807, 2.05) is 5.32 Å². The molecule has 35 heavy (non-hydrogen) atoms. The monoisotopic (exact) mass is 496 g/mol. The highest BCUT2D eigenvalue weighted by Gasteiger charge is 2.41. The number of rotatable bonds is 2. The summed E-state index contributed by atoms with van der Waals surface area (Å²) >= 11 is 0. The van der Waals surface area contributed by atoms with E-state index < -0.39 is 89.2 Å². The van der Waals surface area contributed by atoms with Gasteiger partial charge in [0.1, 0.15) is 32.3 Å². The zero-order chi connectivity index (χ0) is 25.6. The number of nitrogen functional groups attached to an aromatic ring is 1. The van der Waals surface area contributed by atoms with Gasteiger partial charge in [-0.15, -0.1) is 0 Å². The van der Waals surface area contributed by atoms with E-state index in [4.69, 9.17) is 5.73 Å². The molecule has 5 N–H and O–H groups in total. The highest BCUT2D eigenvalue weighted by Crippen LogP contribution is 2.47. The lowest BCUT2D eigenvalue weighted by Gasteiger charge is -2.26. The molecule has 0 saturated heterocycles. The summed E-state index contributed by atoms with van der Waals surface area (Å²) in [5.41, 5.74) is 0.469. The van der Waals surface area contributed by atoms with E-state index in [2.05, 4.69) is 0 Å². The molecule has 0 fully saturated rings. The van der Waals surface area contributed by atoms with Crippen LogP contribution in [0.4, 0.5) is 5.82 Å². The molecular weight excluding hydrogens is 486 g/mol. The molecule has 1 aliphatic heterocycles. The normalized spacial score (nSPS) is 14.4. The number of ketones is 2. The highest BCUT2D eigenvalue weighted by molar-refractivity contribution is 7.86. The van der Waals surface area contributed by atoms with Gasteiger partial charge in [-0.1, -0.05) is 24.3 Å². The van der Waals surface area contributed by atoms with Crippen LogP contribution in [0.1, 0.15) is 52.6 Å². The van der Waals surface area contributed by atoms with E-state index in [9.17, 15) is 47.2 Å². The molecule has 0 saturated carbocycles. The van der Waals surface area contributed by atoms with Crippen LogP contribution in [0.25, 0.3) is 5.69 Å². The van der Waals surface area contributed by atoms with E-state index >= 15 is 0 Å². The minimum absolute atomic E-state index is 0.219. The topological polar surface area (TPSA) is 226 Å². The Labute approximate surface area is 193 Å². The lowest BCUT2D eigenvalue weighted by molar-refractivity contribution is 0.0878. The molecular formula is C21H10N3O10S-. The summed E-state index contributed by atoms with van der Waals surface area (Å²) in [6, 6.07) is 5.87. The van der Waals surface area contributed by atoms with Crippen molar-refractivity contribution < 1.29 is 42.4 Å². The van der Waals surface area contributed by atoms with E-state index in [1.165, 1.54) is 24.3 Å². The number of pyridine rings is 1. The van der Waals surface area contributed by atoms with Gasteiger partial charge in [-0.05, 0) is 0 Å². The summed E-state index contributed by atoms with van der Waals surface area (Å²) in [6.07, 6.45) is 0. The fraction of sp³-hybridized carbons (Fsp3) is 0. The Morgan fingerprint density at radius 1 is 0.829 bits per heavy atom. The molecule has 176 valence electrons. The molecule has 1 aromatic heterocycles. The Kier molecular flexibility index (Phi) is 4.30. The molecule has 5 rings (SSSR count). The van der Waals surface area contributed by atoms with Gasteiger partial charge in [0.2, 0.25) is 0 Å². The van der Waals surface area contributed by atoms with Crippen LogP contribution in [0.2, 0.25) is 0 Å². The van der Waals surface area contributed by atoms with Crippen LogP contribution in [0.3, 0.4) is 0 Å². The van der Waals surface area contributed by atoms with Crippen molar-refractivity contribution in [2.24, 2.45) is 0 Å². The van der Waals surface area contributed by atoms with Crippen molar-refractivity contribution >= 4 is 39.3 Å². The van der Waals surface area contributed by atoms with Crippen molar-refractivity contribution in [3.63, 3.8) is 0 Å². The molecule has 14 heteroatoms. The first-order valence-corrected chi connectivity index (χ1v) is 10.9. The van der Waals surface area contributed by atoms with Crippen LogP contribution >= 0.6 is 0 Å².